The molecule has 1 spiro atoms. The number of likely N-dealkylation sites (tertiary alicyclic amines) is 1. The number of amides is 2. The van der Waals surface area contributed by atoms with Crippen LogP contribution in [-0.4, -0.2) is 76.0 Å². The van der Waals surface area contributed by atoms with E-state index >= 15 is 0 Å². The first-order valence-electron chi connectivity index (χ1n) is 11.4. The van der Waals surface area contributed by atoms with Crippen molar-refractivity contribution in [3.8, 4) is 0 Å². The molecule has 8 nitrogen and oxygen atoms in total. The fourth-order valence-electron chi connectivity index (χ4n) is 4.74. The lowest BCUT2D eigenvalue weighted by molar-refractivity contribution is -0.168. The molecule has 1 aliphatic carbocycles. The zero-order valence-corrected chi connectivity index (χ0v) is 18.2. The van der Waals surface area contributed by atoms with Crippen LogP contribution in [0.15, 0.2) is 49.1 Å². The number of aromatic nitrogens is 2. The van der Waals surface area contributed by atoms with Crippen molar-refractivity contribution in [1.29, 1.82) is 0 Å². The molecule has 2 amide bonds. The first kappa shape index (κ1) is 21.0. The normalized spacial score (nSPS) is 25.8. The van der Waals surface area contributed by atoms with Crippen molar-refractivity contribution in [2.45, 2.75) is 37.5 Å². The van der Waals surface area contributed by atoms with Crippen molar-refractivity contribution < 1.29 is 14.3 Å². The number of rotatable bonds is 6. The second-order valence-corrected chi connectivity index (χ2v) is 9.22. The Labute approximate surface area is 188 Å². The minimum absolute atomic E-state index is 0.0320. The van der Waals surface area contributed by atoms with Crippen LogP contribution in [0.5, 0.6) is 0 Å². The summed E-state index contributed by atoms with van der Waals surface area (Å²) in [5.41, 5.74) is 1.03. The maximum absolute atomic E-state index is 13.0. The maximum Gasteiger partial charge on any atom is 0.255 e. The van der Waals surface area contributed by atoms with Gasteiger partial charge < -0.3 is 15.0 Å². The van der Waals surface area contributed by atoms with Crippen LogP contribution in [0.3, 0.4) is 0 Å². The highest BCUT2D eigenvalue weighted by atomic mass is 16.5. The predicted octanol–water partition coefficient (Wildman–Crippen LogP) is 1.49. The summed E-state index contributed by atoms with van der Waals surface area (Å²) in [6.45, 7) is 3.88. The number of carbonyl (C=O) groups excluding carboxylic acids is 2. The summed E-state index contributed by atoms with van der Waals surface area (Å²) in [7, 11) is 0. The zero-order valence-electron chi connectivity index (χ0n) is 18.2. The summed E-state index contributed by atoms with van der Waals surface area (Å²) in [5.74, 6) is 0.583. The largest absolute Gasteiger partial charge is 0.357 e. The van der Waals surface area contributed by atoms with E-state index in [4.69, 9.17) is 4.74 Å². The van der Waals surface area contributed by atoms with Crippen LogP contribution in [0.4, 0.5) is 0 Å². The van der Waals surface area contributed by atoms with Gasteiger partial charge in [-0.15, -0.1) is 0 Å². The van der Waals surface area contributed by atoms with Gasteiger partial charge in [0.1, 0.15) is 11.7 Å². The van der Waals surface area contributed by atoms with Gasteiger partial charge in [0.25, 0.3) is 11.8 Å². The van der Waals surface area contributed by atoms with Crippen molar-refractivity contribution in [3.63, 3.8) is 0 Å². The van der Waals surface area contributed by atoms with E-state index in [-0.39, 0.29) is 11.8 Å². The number of nitrogens with zero attached hydrogens (tertiary/aromatic N) is 4. The first-order chi connectivity index (χ1) is 15.6. The quantitative estimate of drug-likeness (QED) is 0.740. The highest BCUT2D eigenvalue weighted by Gasteiger charge is 2.49. The Hall–Kier alpha value is -2.84. The zero-order chi connectivity index (χ0) is 22.0. The van der Waals surface area contributed by atoms with E-state index in [0.29, 0.717) is 31.7 Å². The number of carbonyl (C=O) groups is 2. The molecule has 0 bridgehead atoms. The summed E-state index contributed by atoms with van der Waals surface area (Å²) < 4.78 is 6.45. The Morgan fingerprint density at radius 2 is 1.94 bits per heavy atom. The minimum Gasteiger partial charge on any atom is -0.357 e. The lowest BCUT2D eigenvalue weighted by Crippen LogP contribution is -2.60. The van der Waals surface area contributed by atoms with E-state index < -0.39 is 11.7 Å². The van der Waals surface area contributed by atoms with Gasteiger partial charge in [0.05, 0.1) is 12.1 Å². The Morgan fingerprint density at radius 3 is 2.66 bits per heavy atom. The van der Waals surface area contributed by atoms with Gasteiger partial charge in [0.15, 0.2) is 0 Å². The number of hydrogen-bond donors (Lipinski definition) is 1. The first-order valence-corrected chi connectivity index (χ1v) is 11.4. The van der Waals surface area contributed by atoms with Gasteiger partial charge in [-0.25, -0.2) is 0 Å². The summed E-state index contributed by atoms with van der Waals surface area (Å²) in [6.07, 6.45) is 9.43. The second kappa shape index (κ2) is 8.96. The van der Waals surface area contributed by atoms with Gasteiger partial charge in [-0.05, 0) is 48.9 Å². The standard InChI is InChI=1S/C24H29N5O3/c30-22(27-12-19-3-1-8-25-11-19)21-15-28(14-18-5-6-18)16-24(32-21)7-10-29(17-24)23(31)20-4-2-9-26-13-20/h1-4,8-9,11,13,18,21H,5-7,10,12,14-17H2,(H,27,30)/t21-,24+/m0/s1. The van der Waals surface area contributed by atoms with Crippen LogP contribution in [0.25, 0.3) is 0 Å². The molecule has 2 aromatic heterocycles. The van der Waals surface area contributed by atoms with Crippen molar-refractivity contribution in [3.05, 3.63) is 60.2 Å². The van der Waals surface area contributed by atoms with E-state index in [1.54, 1.807) is 36.9 Å². The molecule has 2 aliphatic heterocycles. The molecule has 1 saturated carbocycles. The van der Waals surface area contributed by atoms with Gasteiger partial charge in [-0.3, -0.25) is 24.5 Å². The Bertz CT molecular complexity index is 953. The highest BCUT2D eigenvalue weighted by molar-refractivity contribution is 5.94. The monoisotopic (exact) mass is 435 g/mol. The van der Waals surface area contributed by atoms with Crippen LogP contribution >= 0.6 is 0 Å². The van der Waals surface area contributed by atoms with E-state index in [2.05, 4.69) is 20.2 Å². The summed E-state index contributed by atoms with van der Waals surface area (Å²) in [4.78, 5) is 38.3. The number of ether oxygens (including phenoxy) is 1. The average molecular weight is 436 g/mol. The maximum atomic E-state index is 13.0. The topological polar surface area (TPSA) is 87.7 Å². The number of pyridine rings is 2. The van der Waals surface area contributed by atoms with Crippen LogP contribution in [0.1, 0.15) is 35.2 Å². The van der Waals surface area contributed by atoms with Gasteiger partial charge in [-0.2, -0.15) is 0 Å². The van der Waals surface area contributed by atoms with Crippen molar-refractivity contribution in [1.82, 2.24) is 25.1 Å². The van der Waals surface area contributed by atoms with Gasteiger partial charge in [0, 0.05) is 57.5 Å². The van der Waals surface area contributed by atoms with Crippen molar-refractivity contribution in [2.75, 3.05) is 32.7 Å². The lowest BCUT2D eigenvalue weighted by atomic mass is 9.98. The van der Waals surface area contributed by atoms with Crippen LogP contribution < -0.4 is 5.32 Å². The molecule has 0 unspecified atom stereocenters. The van der Waals surface area contributed by atoms with Crippen LogP contribution in [0.2, 0.25) is 0 Å². The third-order valence-corrected chi connectivity index (χ3v) is 6.54. The number of nitrogens with one attached hydrogen (secondary N) is 1. The molecule has 0 aromatic carbocycles. The molecule has 4 heterocycles. The Kier molecular flexibility index (Phi) is 5.89. The lowest BCUT2D eigenvalue weighted by Gasteiger charge is -2.44. The minimum atomic E-state index is -0.549. The number of hydrogen-bond acceptors (Lipinski definition) is 6. The van der Waals surface area contributed by atoms with E-state index in [0.717, 1.165) is 31.0 Å². The molecule has 8 heteroatoms. The average Bonchev–Trinajstić information content (AvgIpc) is 3.56. The molecule has 0 radical (unpaired) electrons. The summed E-state index contributed by atoms with van der Waals surface area (Å²) in [5, 5.41) is 3.00. The summed E-state index contributed by atoms with van der Waals surface area (Å²) >= 11 is 0. The van der Waals surface area contributed by atoms with E-state index in [9.17, 15) is 9.59 Å². The SMILES string of the molecule is O=C(NCc1cccnc1)[C@@H]1CN(CC2CC2)C[C@@]2(CCN(C(=O)c3cccnc3)C2)O1. The van der Waals surface area contributed by atoms with Gasteiger partial charge >= 0.3 is 0 Å². The second-order valence-electron chi connectivity index (χ2n) is 9.22. The van der Waals surface area contributed by atoms with Gasteiger partial charge in [0.2, 0.25) is 0 Å². The molecule has 168 valence electrons. The predicted molar refractivity (Wildman–Crippen MR) is 118 cm³/mol. The molecule has 2 saturated heterocycles. The molecule has 2 atom stereocenters. The Balaban J connectivity index is 1.27. The van der Waals surface area contributed by atoms with Gasteiger partial charge in [-0.1, -0.05) is 6.07 Å². The molecular weight excluding hydrogens is 406 g/mol. The van der Waals surface area contributed by atoms with Crippen LogP contribution in [0, 0.1) is 5.92 Å². The third kappa shape index (κ3) is 4.81. The van der Waals surface area contributed by atoms with Crippen molar-refractivity contribution in [2.24, 2.45) is 5.92 Å². The fourth-order valence-corrected chi connectivity index (χ4v) is 4.74. The number of morpholine rings is 1. The molecule has 2 aromatic rings. The molecule has 3 aliphatic rings. The molecule has 1 N–H and O–H groups in total. The van der Waals surface area contributed by atoms with E-state index in [1.165, 1.54) is 12.8 Å². The highest BCUT2D eigenvalue weighted by Crippen LogP contribution is 2.36. The third-order valence-electron chi connectivity index (χ3n) is 6.54. The smallest absolute Gasteiger partial charge is 0.255 e. The molecular formula is C24H29N5O3. The Morgan fingerprint density at radius 1 is 1.12 bits per heavy atom. The van der Waals surface area contributed by atoms with Crippen molar-refractivity contribution >= 4 is 11.8 Å². The molecule has 32 heavy (non-hydrogen) atoms. The van der Waals surface area contributed by atoms with E-state index in [1.807, 2.05) is 17.0 Å². The summed E-state index contributed by atoms with van der Waals surface area (Å²) in [6, 6.07) is 7.36. The fraction of sp³-hybridized carbons (Fsp3) is 0.500. The van der Waals surface area contributed by atoms with Crippen LogP contribution in [-0.2, 0) is 16.1 Å². The molecule has 5 rings (SSSR count). The molecule has 3 fully saturated rings.